The van der Waals surface area contributed by atoms with Gasteiger partial charge in [-0.2, -0.15) is 35.1 Å². The number of Topliss-reactive ketones (excluding diaryl/α,β-unsaturated/α-hetero) is 1. The molecular weight excluding hydrogens is 848 g/mol. The molecule has 9 aliphatic rings. The molecule has 1 spiro atoms. The van der Waals surface area contributed by atoms with Crippen molar-refractivity contribution in [2.24, 2.45) is 64.1 Å². The van der Waals surface area contributed by atoms with Crippen LogP contribution in [0.5, 0.6) is 0 Å². The summed E-state index contributed by atoms with van der Waals surface area (Å²) in [6, 6.07) is 0. The van der Waals surface area contributed by atoms with Crippen molar-refractivity contribution in [1.82, 2.24) is 0 Å². The van der Waals surface area contributed by atoms with Gasteiger partial charge in [-0.3, -0.25) is 9.59 Å². The van der Waals surface area contributed by atoms with Gasteiger partial charge in [0.25, 0.3) is 0 Å². The lowest BCUT2D eigenvalue weighted by atomic mass is 9.56. The molecular formula is C46H64F8O9. The molecule has 6 saturated carbocycles. The fourth-order valence-corrected chi connectivity index (χ4v) is 13.9. The second kappa shape index (κ2) is 17.1. The molecule has 17 heteroatoms. The Kier molecular flexibility index (Phi) is 12.6. The van der Waals surface area contributed by atoms with E-state index in [2.05, 4.69) is 0 Å². The van der Waals surface area contributed by atoms with Crippen LogP contribution in [0.25, 0.3) is 0 Å². The van der Waals surface area contributed by atoms with Crippen molar-refractivity contribution in [1.29, 1.82) is 0 Å². The lowest BCUT2D eigenvalue weighted by molar-refractivity contribution is -0.315. The van der Waals surface area contributed by atoms with E-state index < -0.39 is 109 Å². The lowest BCUT2D eigenvalue weighted by Gasteiger charge is -2.53. The van der Waals surface area contributed by atoms with Crippen LogP contribution in [-0.2, 0) is 42.7 Å². The van der Waals surface area contributed by atoms with Gasteiger partial charge in [-0.05, 0) is 101 Å². The van der Waals surface area contributed by atoms with E-state index in [1.54, 1.807) is 6.92 Å². The molecule has 0 amide bonds. The number of hydrogen-bond donors (Lipinski definition) is 0. The van der Waals surface area contributed by atoms with Crippen molar-refractivity contribution in [2.45, 2.75) is 165 Å². The first kappa shape index (κ1) is 46.5. The van der Waals surface area contributed by atoms with Crippen LogP contribution < -0.4 is 0 Å². The van der Waals surface area contributed by atoms with Crippen molar-refractivity contribution < 1.29 is 77.9 Å². The molecule has 63 heavy (non-hydrogen) atoms. The molecule has 9 fully saturated rings. The third-order valence-corrected chi connectivity index (χ3v) is 17.2. The number of ether oxygens (including phenoxy) is 7. The van der Waals surface area contributed by atoms with E-state index in [0.29, 0.717) is 50.4 Å². The van der Waals surface area contributed by atoms with E-state index in [-0.39, 0.29) is 69.0 Å². The molecule has 3 heterocycles. The smallest absolute Gasteiger partial charge is 0.335 e. The second-order valence-electron chi connectivity index (χ2n) is 21.8. The molecule has 3 aliphatic heterocycles. The zero-order chi connectivity index (χ0) is 44.6. The minimum atomic E-state index is -4.41. The van der Waals surface area contributed by atoms with Gasteiger partial charge in [0.05, 0.1) is 24.5 Å². The van der Waals surface area contributed by atoms with Gasteiger partial charge in [-0.25, -0.2) is 0 Å². The van der Waals surface area contributed by atoms with Crippen molar-refractivity contribution in [3.8, 4) is 0 Å². The molecule has 6 aliphatic carbocycles. The van der Waals surface area contributed by atoms with Gasteiger partial charge < -0.3 is 33.2 Å². The number of rotatable bonds is 9. The van der Waals surface area contributed by atoms with Crippen molar-refractivity contribution in [2.75, 3.05) is 46.2 Å². The van der Waals surface area contributed by atoms with E-state index in [1.165, 1.54) is 25.7 Å². The number of ketones is 1. The molecule has 9 unspecified atom stereocenters. The third-order valence-electron chi connectivity index (χ3n) is 17.2. The highest BCUT2D eigenvalue weighted by Crippen LogP contribution is 2.57. The van der Waals surface area contributed by atoms with Gasteiger partial charge in [0.1, 0.15) is 38.8 Å². The van der Waals surface area contributed by atoms with Gasteiger partial charge in [0, 0.05) is 35.5 Å². The third kappa shape index (κ3) is 8.97. The SMILES string of the molecule is CC1CC2CC(C(=O)OCC3(CCC(=O)C45CCCC(CC(C6OCC(F)(F)C(F)(F)CO6)C4)C5)COC(C4CC5CCCC(C5)C4)OC3)CC(C2)C12OCC(F)(F)C(F)(F)CO2. The summed E-state index contributed by atoms with van der Waals surface area (Å²) < 4.78 is 156. The number of carbonyl (C=O) groups is 2. The number of esters is 1. The first-order chi connectivity index (χ1) is 29.7. The maximum Gasteiger partial charge on any atom is 0.335 e. The first-order valence-electron chi connectivity index (χ1n) is 23.7. The molecule has 0 N–H and O–H groups in total. The molecule has 0 aromatic rings. The molecule has 6 bridgehead atoms. The van der Waals surface area contributed by atoms with E-state index in [9.17, 15) is 44.7 Å². The summed E-state index contributed by atoms with van der Waals surface area (Å²) >= 11 is 0. The predicted molar refractivity (Wildman–Crippen MR) is 207 cm³/mol. The summed E-state index contributed by atoms with van der Waals surface area (Å²) in [5.41, 5.74) is -1.73. The topological polar surface area (TPSA) is 98.8 Å². The Balaban J connectivity index is 0.884. The summed E-state index contributed by atoms with van der Waals surface area (Å²) in [4.78, 5) is 28.7. The fourth-order valence-electron chi connectivity index (χ4n) is 13.9. The quantitative estimate of drug-likeness (QED) is 0.166. The lowest BCUT2D eigenvalue weighted by Crippen LogP contribution is -2.56. The molecule has 9 rings (SSSR count). The number of fused-ring (bicyclic) bond motifs is 7. The minimum absolute atomic E-state index is 0.00161. The van der Waals surface area contributed by atoms with Gasteiger partial charge in [0.15, 0.2) is 18.4 Å². The fraction of sp³-hybridized carbons (Fsp3) is 0.957. The standard InChI is InChI=1S/C46H64F8O9/c1-27-10-31-15-32(17-35(16-31)46(27)62-25-44(51,52)45(53,54)26-63-46)37(56)57-20-40(21-58-38(59-22-40)33-12-28-4-2-5-29(11-28)13-33)9-7-36(55)41-8-3-6-30(18-41)14-34(19-41)39-60-23-42(47,48)43(49,50)24-61-39/h27-35,38-39H,2-26H2,1H3. The maximum absolute atomic E-state index is 14.6. The Labute approximate surface area is 364 Å². The Bertz CT molecular complexity index is 1620. The first-order valence-corrected chi connectivity index (χ1v) is 23.7. The number of halogens is 8. The predicted octanol–water partition coefficient (Wildman–Crippen LogP) is 9.77. The Morgan fingerprint density at radius 2 is 1.16 bits per heavy atom. The Morgan fingerprint density at radius 1 is 0.587 bits per heavy atom. The molecule has 9 nitrogen and oxygen atoms in total. The molecule has 0 radical (unpaired) electrons. The zero-order valence-corrected chi connectivity index (χ0v) is 36.2. The highest BCUT2D eigenvalue weighted by Gasteiger charge is 2.65. The highest BCUT2D eigenvalue weighted by molar-refractivity contribution is 5.85. The molecule has 0 aromatic heterocycles. The number of alkyl halides is 8. The highest BCUT2D eigenvalue weighted by atomic mass is 19.3. The van der Waals surface area contributed by atoms with Gasteiger partial charge >= 0.3 is 29.7 Å². The van der Waals surface area contributed by atoms with Crippen LogP contribution >= 0.6 is 0 Å². The van der Waals surface area contributed by atoms with Gasteiger partial charge in [-0.15, -0.1) is 0 Å². The van der Waals surface area contributed by atoms with E-state index >= 15 is 0 Å². The molecule has 9 atom stereocenters. The second-order valence-corrected chi connectivity index (χ2v) is 21.8. The minimum Gasteiger partial charge on any atom is -0.465 e. The maximum atomic E-state index is 14.6. The molecule has 0 aromatic carbocycles. The number of hydrogen-bond acceptors (Lipinski definition) is 9. The monoisotopic (exact) mass is 912 g/mol. The van der Waals surface area contributed by atoms with Gasteiger partial charge in [-0.1, -0.05) is 39.0 Å². The Morgan fingerprint density at radius 3 is 1.81 bits per heavy atom. The normalized spacial score (nSPS) is 44.1. The van der Waals surface area contributed by atoms with E-state index in [1.807, 2.05) is 0 Å². The molecule has 3 saturated heterocycles. The average Bonchev–Trinajstić information content (AvgIpc) is 3.41. The van der Waals surface area contributed by atoms with E-state index in [4.69, 9.17) is 33.2 Å². The largest absolute Gasteiger partial charge is 0.465 e. The van der Waals surface area contributed by atoms with Crippen LogP contribution in [-0.4, -0.2) is 100 Å². The van der Waals surface area contributed by atoms with Crippen molar-refractivity contribution in [3.63, 3.8) is 0 Å². The average molecular weight is 913 g/mol. The van der Waals surface area contributed by atoms with Crippen molar-refractivity contribution in [3.05, 3.63) is 0 Å². The van der Waals surface area contributed by atoms with Crippen LogP contribution in [0.4, 0.5) is 35.1 Å². The van der Waals surface area contributed by atoms with Crippen LogP contribution in [0.2, 0.25) is 0 Å². The summed E-state index contributed by atoms with van der Waals surface area (Å²) in [6.45, 7) is -3.95. The Hall–Kier alpha value is -1.66. The number of carbonyl (C=O) groups excluding carboxylic acids is 2. The van der Waals surface area contributed by atoms with Crippen LogP contribution in [0.3, 0.4) is 0 Å². The summed E-state index contributed by atoms with van der Waals surface area (Å²) in [7, 11) is 0. The van der Waals surface area contributed by atoms with Gasteiger partial charge in [0.2, 0.25) is 0 Å². The van der Waals surface area contributed by atoms with Crippen LogP contribution in [0, 0.1) is 64.1 Å². The van der Waals surface area contributed by atoms with Crippen LogP contribution in [0.1, 0.15) is 122 Å². The van der Waals surface area contributed by atoms with Crippen molar-refractivity contribution >= 4 is 11.8 Å². The van der Waals surface area contributed by atoms with Crippen LogP contribution in [0.15, 0.2) is 0 Å². The summed E-state index contributed by atoms with van der Waals surface area (Å²) in [6.07, 6.45) is 10.6. The summed E-state index contributed by atoms with van der Waals surface area (Å²) in [5.74, 6) is -20.5. The summed E-state index contributed by atoms with van der Waals surface area (Å²) in [5, 5.41) is 0. The van der Waals surface area contributed by atoms with E-state index in [0.717, 1.165) is 25.7 Å². The molecule has 358 valence electrons. The zero-order valence-electron chi connectivity index (χ0n) is 36.2.